The number of rotatable bonds is 4. The highest BCUT2D eigenvalue weighted by molar-refractivity contribution is 5.95. The van der Waals surface area contributed by atoms with Gasteiger partial charge in [0.15, 0.2) is 0 Å². The first kappa shape index (κ1) is 17.3. The molecule has 1 saturated heterocycles. The number of fused-ring (bicyclic) bond motifs is 1. The third-order valence-electron chi connectivity index (χ3n) is 4.49. The number of carbonyl (C=O) groups excluding carboxylic acids is 2. The molecule has 0 radical (unpaired) electrons. The number of benzene rings is 1. The number of pyridine rings is 1. The molecular formula is C19H21FN2O3. The number of carbonyl (C=O) groups is 2. The van der Waals surface area contributed by atoms with E-state index in [1.54, 1.807) is 36.1 Å². The lowest BCUT2D eigenvalue weighted by molar-refractivity contribution is -0.144. The Hall–Kier alpha value is -2.50. The van der Waals surface area contributed by atoms with Gasteiger partial charge in [0.25, 0.3) is 5.91 Å². The van der Waals surface area contributed by atoms with Gasteiger partial charge in [-0.1, -0.05) is 18.2 Å². The van der Waals surface area contributed by atoms with Gasteiger partial charge in [0.2, 0.25) is 0 Å². The molecule has 1 atom stereocenters. The number of hydrogen-bond donors (Lipinski definition) is 0. The molecule has 3 rings (SSSR count). The van der Waals surface area contributed by atoms with Crippen molar-refractivity contribution in [3.05, 3.63) is 41.8 Å². The minimum atomic E-state index is -0.450. The quantitative estimate of drug-likeness (QED) is 0.799. The van der Waals surface area contributed by atoms with Crippen LogP contribution >= 0.6 is 0 Å². The standard InChI is InChI=1S/C19H21FN2O3/c1-2-25-17(23)12-14-7-3-4-11-22(14)19(24)16-10-9-13-6-5-8-15(20)18(13)21-16/h5-6,8-10,14H,2-4,7,11-12H2,1H3. The lowest BCUT2D eigenvalue weighted by Gasteiger charge is -2.35. The molecule has 1 unspecified atom stereocenters. The number of nitrogens with zero attached hydrogens (tertiary/aromatic N) is 2. The van der Waals surface area contributed by atoms with E-state index in [2.05, 4.69) is 4.98 Å². The van der Waals surface area contributed by atoms with Gasteiger partial charge in [-0.3, -0.25) is 9.59 Å². The van der Waals surface area contributed by atoms with Gasteiger partial charge in [0, 0.05) is 18.0 Å². The van der Waals surface area contributed by atoms with Crippen molar-refractivity contribution in [3.63, 3.8) is 0 Å². The molecule has 1 aliphatic rings. The highest BCUT2D eigenvalue weighted by atomic mass is 19.1. The van der Waals surface area contributed by atoms with Gasteiger partial charge in [-0.15, -0.1) is 0 Å². The first-order chi connectivity index (χ1) is 12.1. The zero-order valence-corrected chi connectivity index (χ0v) is 14.2. The maximum Gasteiger partial charge on any atom is 0.307 e. The molecule has 132 valence electrons. The van der Waals surface area contributed by atoms with E-state index in [0.29, 0.717) is 18.5 Å². The Morgan fingerprint density at radius 3 is 2.92 bits per heavy atom. The summed E-state index contributed by atoms with van der Waals surface area (Å²) in [6.45, 7) is 2.65. The van der Waals surface area contributed by atoms with Crippen LogP contribution in [0.4, 0.5) is 4.39 Å². The Kier molecular flexibility index (Phi) is 5.26. The number of likely N-dealkylation sites (tertiary alicyclic amines) is 1. The molecule has 1 aliphatic heterocycles. The van der Waals surface area contributed by atoms with Gasteiger partial charge in [0.1, 0.15) is 17.0 Å². The average molecular weight is 344 g/mol. The van der Waals surface area contributed by atoms with Crippen LogP contribution in [0.5, 0.6) is 0 Å². The van der Waals surface area contributed by atoms with Crippen LogP contribution in [0.3, 0.4) is 0 Å². The molecular weight excluding hydrogens is 323 g/mol. The lowest BCUT2D eigenvalue weighted by atomic mass is 9.98. The molecule has 0 saturated carbocycles. The molecule has 6 heteroatoms. The van der Waals surface area contributed by atoms with Gasteiger partial charge >= 0.3 is 5.97 Å². The Bertz CT molecular complexity index is 793. The van der Waals surface area contributed by atoms with Gasteiger partial charge in [-0.05, 0) is 38.3 Å². The second kappa shape index (κ2) is 7.59. The highest BCUT2D eigenvalue weighted by Gasteiger charge is 2.30. The van der Waals surface area contributed by atoms with Crippen LogP contribution in [0.25, 0.3) is 10.9 Å². The number of para-hydroxylation sites is 1. The Labute approximate surface area is 145 Å². The van der Waals surface area contributed by atoms with Gasteiger partial charge in [-0.25, -0.2) is 9.37 Å². The normalized spacial score (nSPS) is 17.5. The number of halogens is 1. The van der Waals surface area contributed by atoms with Gasteiger partial charge in [-0.2, -0.15) is 0 Å². The van der Waals surface area contributed by atoms with Crippen LogP contribution in [-0.4, -0.2) is 41.0 Å². The van der Waals surface area contributed by atoms with Gasteiger partial charge < -0.3 is 9.64 Å². The smallest absolute Gasteiger partial charge is 0.307 e. The third-order valence-corrected chi connectivity index (χ3v) is 4.49. The van der Waals surface area contributed by atoms with Crippen LogP contribution in [0, 0.1) is 5.82 Å². The molecule has 0 aliphatic carbocycles. The van der Waals surface area contributed by atoms with Crippen molar-refractivity contribution in [1.29, 1.82) is 0 Å². The lowest BCUT2D eigenvalue weighted by Crippen LogP contribution is -2.45. The summed E-state index contributed by atoms with van der Waals surface area (Å²) in [6, 6.07) is 7.81. The SMILES string of the molecule is CCOC(=O)CC1CCCCN1C(=O)c1ccc2cccc(F)c2n1. The van der Waals surface area contributed by atoms with Crippen molar-refractivity contribution in [2.45, 2.75) is 38.6 Å². The maximum atomic E-state index is 14.0. The molecule has 0 bridgehead atoms. The molecule has 2 aromatic rings. The molecule has 25 heavy (non-hydrogen) atoms. The first-order valence-electron chi connectivity index (χ1n) is 8.62. The predicted octanol–water partition coefficient (Wildman–Crippen LogP) is 3.32. The summed E-state index contributed by atoms with van der Waals surface area (Å²) in [5.74, 6) is -1.02. The van der Waals surface area contributed by atoms with Crippen LogP contribution < -0.4 is 0 Å². The van der Waals surface area contributed by atoms with Crippen molar-refractivity contribution in [1.82, 2.24) is 9.88 Å². The second-order valence-corrected chi connectivity index (χ2v) is 6.17. The van der Waals surface area contributed by atoms with Crippen molar-refractivity contribution in [3.8, 4) is 0 Å². The number of amides is 1. The number of piperidine rings is 1. The van der Waals surface area contributed by atoms with E-state index in [-0.39, 0.29) is 35.5 Å². The minimum Gasteiger partial charge on any atom is -0.466 e. The summed E-state index contributed by atoms with van der Waals surface area (Å²) in [6.07, 6.45) is 2.79. The van der Waals surface area contributed by atoms with Crippen molar-refractivity contribution in [2.24, 2.45) is 0 Å². The Morgan fingerprint density at radius 2 is 2.12 bits per heavy atom. The molecule has 0 spiro atoms. The van der Waals surface area contributed by atoms with Crippen LogP contribution in [0.15, 0.2) is 30.3 Å². The van der Waals surface area contributed by atoms with E-state index in [1.165, 1.54) is 6.07 Å². The summed E-state index contributed by atoms with van der Waals surface area (Å²) in [7, 11) is 0. The Balaban J connectivity index is 1.84. The van der Waals surface area contributed by atoms with E-state index in [0.717, 1.165) is 19.3 Å². The fraction of sp³-hybridized carbons (Fsp3) is 0.421. The summed E-state index contributed by atoms with van der Waals surface area (Å²) in [4.78, 5) is 30.6. The first-order valence-corrected chi connectivity index (χ1v) is 8.62. The van der Waals surface area contributed by atoms with E-state index in [1.807, 2.05) is 0 Å². The largest absolute Gasteiger partial charge is 0.466 e. The van der Waals surface area contributed by atoms with Gasteiger partial charge in [0.05, 0.1) is 13.0 Å². The predicted molar refractivity (Wildman–Crippen MR) is 91.6 cm³/mol. The van der Waals surface area contributed by atoms with Crippen LogP contribution in [0.1, 0.15) is 43.1 Å². The minimum absolute atomic E-state index is 0.182. The fourth-order valence-electron chi connectivity index (χ4n) is 3.27. The Morgan fingerprint density at radius 1 is 1.28 bits per heavy atom. The number of hydrogen-bond acceptors (Lipinski definition) is 4. The molecule has 1 amide bonds. The van der Waals surface area contributed by atoms with Crippen LogP contribution in [-0.2, 0) is 9.53 Å². The summed E-state index contributed by atoms with van der Waals surface area (Å²) >= 11 is 0. The van der Waals surface area contributed by atoms with E-state index in [9.17, 15) is 14.0 Å². The van der Waals surface area contributed by atoms with E-state index in [4.69, 9.17) is 4.74 Å². The van der Waals surface area contributed by atoms with Crippen molar-refractivity contribution in [2.75, 3.05) is 13.2 Å². The molecule has 2 heterocycles. The molecule has 5 nitrogen and oxygen atoms in total. The van der Waals surface area contributed by atoms with Crippen molar-refractivity contribution < 1.29 is 18.7 Å². The van der Waals surface area contributed by atoms with Crippen molar-refractivity contribution >= 4 is 22.8 Å². The molecule has 0 N–H and O–H groups in total. The second-order valence-electron chi connectivity index (χ2n) is 6.17. The average Bonchev–Trinajstić information content (AvgIpc) is 2.62. The molecule has 1 aromatic heterocycles. The monoisotopic (exact) mass is 344 g/mol. The highest BCUT2D eigenvalue weighted by Crippen LogP contribution is 2.23. The van der Waals surface area contributed by atoms with Crippen LogP contribution in [0.2, 0.25) is 0 Å². The maximum absolute atomic E-state index is 14.0. The number of aromatic nitrogens is 1. The van der Waals surface area contributed by atoms with E-state index < -0.39 is 5.82 Å². The third kappa shape index (κ3) is 3.78. The van der Waals surface area contributed by atoms with E-state index >= 15 is 0 Å². The summed E-state index contributed by atoms with van der Waals surface area (Å²) < 4.78 is 19.0. The zero-order valence-electron chi connectivity index (χ0n) is 14.2. The summed E-state index contributed by atoms with van der Waals surface area (Å²) in [5, 5.41) is 0.651. The topological polar surface area (TPSA) is 59.5 Å². The zero-order chi connectivity index (χ0) is 17.8. The summed E-state index contributed by atoms with van der Waals surface area (Å²) in [5.41, 5.74) is 0.390. The fourth-order valence-corrected chi connectivity index (χ4v) is 3.27. The molecule has 1 aromatic carbocycles. The molecule has 1 fully saturated rings. The number of ether oxygens (including phenoxy) is 1. The number of esters is 1.